The van der Waals surface area contributed by atoms with Crippen molar-refractivity contribution in [1.29, 1.82) is 0 Å². The molecule has 0 spiro atoms. The van der Waals surface area contributed by atoms with E-state index in [4.69, 9.17) is 0 Å². The third-order valence-corrected chi connectivity index (χ3v) is 7.20. The smallest absolute Gasteiger partial charge is 0.223 e. The minimum absolute atomic E-state index is 0.0275. The topological polar surface area (TPSA) is 99.6 Å². The first-order valence-corrected chi connectivity index (χ1v) is 14.9. The molecule has 0 aromatic carbocycles. The van der Waals surface area contributed by atoms with Crippen LogP contribution in [0.5, 0.6) is 0 Å². The second kappa shape index (κ2) is 14.7. The van der Waals surface area contributed by atoms with Crippen LogP contribution in [0.3, 0.4) is 0 Å². The lowest BCUT2D eigenvalue weighted by molar-refractivity contribution is -0.133. The fourth-order valence-corrected chi connectivity index (χ4v) is 5.24. The Kier molecular flexibility index (Phi) is 10.8. The molecule has 0 saturated heterocycles. The first-order valence-electron chi connectivity index (χ1n) is 14.9. The Labute approximate surface area is 249 Å². The third-order valence-electron chi connectivity index (χ3n) is 7.20. The summed E-state index contributed by atoms with van der Waals surface area (Å²) in [5.74, 6) is 0.367. The molecule has 1 aliphatic rings. The molecule has 0 radical (unpaired) electrons. The number of pyridine rings is 3. The monoisotopic (exact) mass is 570 g/mol. The highest BCUT2D eigenvalue weighted by molar-refractivity contribution is 5.77. The van der Waals surface area contributed by atoms with Gasteiger partial charge < -0.3 is 14.7 Å². The zero-order chi connectivity index (χ0) is 30.1. The maximum Gasteiger partial charge on any atom is 0.223 e. The summed E-state index contributed by atoms with van der Waals surface area (Å²) in [5, 5.41) is 0. The Morgan fingerprint density at radius 3 is 1.24 bits per heavy atom. The van der Waals surface area contributed by atoms with Gasteiger partial charge in [-0.25, -0.2) is 0 Å². The van der Waals surface area contributed by atoms with Crippen molar-refractivity contribution in [3.05, 3.63) is 88.8 Å². The van der Waals surface area contributed by atoms with Gasteiger partial charge in [-0.2, -0.15) is 0 Å². The summed E-state index contributed by atoms with van der Waals surface area (Å²) in [6, 6.07) is 6.09. The molecule has 0 saturated carbocycles. The second-order valence-electron chi connectivity index (χ2n) is 11.6. The standard InChI is InChI=1S/C33H42N6O3/c1-5-7-32(41)38-20-27-9-25(12-34-14-27)18-37(31(40)6-2)19-26-10-29(16-35-13-26)22-39(33(42)8-24(3)4)23-30-11-28(21-38)15-36-17-30/h9-17,24H,5-8,18-23H2,1-4H3. The molecule has 3 amide bonds. The van der Waals surface area contributed by atoms with E-state index < -0.39 is 0 Å². The summed E-state index contributed by atoms with van der Waals surface area (Å²) in [6.07, 6.45) is 12.7. The highest BCUT2D eigenvalue weighted by Crippen LogP contribution is 2.19. The van der Waals surface area contributed by atoms with Gasteiger partial charge in [-0.1, -0.05) is 27.7 Å². The number of amides is 3. The first kappa shape index (κ1) is 30.8. The molecule has 9 nitrogen and oxygen atoms in total. The van der Waals surface area contributed by atoms with E-state index in [0.717, 1.165) is 39.8 Å². The van der Waals surface area contributed by atoms with Gasteiger partial charge in [0.1, 0.15) is 0 Å². The van der Waals surface area contributed by atoms with Gasteiger partial charge in [-0.15, -0.1) is 0 Å². The average Bonchev–Trinajstić information content (AvgIpc) is 2.96. The average molecular weight is 571 g/mol. The van der Waals surface area contributed by atoms with Crippen LogP contribution in [0, 0.1) is 5.92 Å². The summed E-state index contributed by atoms with van der Waals surface area (Å²) >= 11 is 0. The predicted octanol–water partition coefficient (Wildman–Crippen LogP) is 5.03. The van der Waals surface area contributed by atoms with Crippen molar-refractivity contribution in [2.24, 2.45) is 5.92 Å². The summed E-state index contributed by atoms with van der Waals surface area (Å²) < 4.78 is 0. The molecule has 0 aliphatic carbocycles. The van der Waals surface area contributed by atoms with Crippen LogP contribution in [0.1, 0.15) is 86.8 Å². The van der Waals surface area contributed by atoms with Crippen molar-refractivity contribution in [1.82, 2.24) is 29.7 Å². The van der Waals surface area contributed by atoms with E-state index in [1.54, 1.807) is 37.2 Å². The van der Waals surface area contributed by atoms with Crippen LogP contribution < -0.4 is 0 Å². The molecule has 3 aromatic rings. The molecule has 222 valence electrons. The Morgan fingerprint density at radius 2 is 0.929 bits per heavy atom. The zero-order valence-corrected chi connectivity index (χ0v) is 25.3. The molecule has 1 aliphatic heterocycles. The molecular weight excluding hydrogens is 528 g/mol. The molecule has 0 atom stereocenters. The SMILES string of the molecule is CCCC(=O)N1Cc2cncc(c2)CN(C(=O)CC)Cc2cncc(c2)CN(C(=O)CC(C)C)Cc2cncc(c2)C1. The van der Waals surface area contributed by atoms with Crippen LogP contribution in [0.4, 0.5) is 0 Å². The molecule has 9 heteroatoms. The molecule has 6 bridgehead atoms. The van der Waals surface area contributed by atoms with Gasteiger partial charge in [0, 0.05) is 95.7 Å². The Hall–Kier alpha value is -4.14. The van der Waals surface area contributed by atoms with Crippen molar-refractivity contribution in [2.75, 3.05) is 0 Å². The minimum atomic E-state index is 0.0275. The lowest BCUT2D eigenvalue weighted by Crippen LogP contribution is -2.32. The Balaban J connectivity index is 1.77. The predicted molar refractivity (Wildman–Crippen MR) is 160 cm³/mol. The number of hydrogen-bond donors (Lipinski definition) is 0. The summed E-state index contributed by atoms with van der Waals surface area (Å²) in [5.41, 5.74) is 5.41. The van der Waals surface area contributed by atoms with Gasteiger partial charge >= 0.3 is 0 Å². The lowest BCUT2D eigenvalue weighted by atomic mass is 10.1. The maximum atomic E-state index is 13.4. The van der Waals surface area contributed by atoms with E-state index in [1.807, 2.05) is 60.6 Å². The van der Waals surface area contributed by atoms with Gasteiger partial charge in [-0.05, 0) is 63.9 Å². The van der Waals surface area contributed by atoms with Crippen molar-refractivity contribution in [3.8, 4) is 0 Å². The number of carbonyl (C=O) groups excluding carboxylic acids is 3. The zero-order valence-electron chi connectivity index (χ0n) is 25.3. The normalized spacial score (nSPS) is 14.4. The Morgan fingerprint density at radius 1 is 0.595 bits per heavy atom. The maximum absolute atomic E-state index is 13.4. The number of rotatable bonds is 5. The van der Waals surface area contributed by atoms with E-state index >= 15 is 0 Å². The summed E-state index contributed by atoms with van der Waals surface area (Å²) in [6.45, 7) is 10.3. The van der Waals surface area contributed by atoms with Crippen LogP contribution in [-0.2, 0) is 53.7 Å². The number of nitrogens with zero attached hydrogens (tertiary/aromatic N) is 6. The summed E-state index contributed by atoms with van der Waals surface area (Å²) in [4.78, 5) is 58.5. The van der Waals surface area contributed by atoms with E-state index in [-0.39, 0.29) is 23.6 Å². The van der Waals surface area contributed by atoms with E-state index in [2.05, 4.69) is 15.0 Å². The fourth-order valence-electron chi connectivity index (χ4n) is 5.24. The third kappa shape index (κ3) is 8.68. The quantitative estimate of drug-likeness (QED) is 0.427. The van der Waals surface area contributed by atoms with Gasteiger partial charge in [0.15, 0.2) is 0 Å². The molecule has 0 fully saturated rings. The van der Waals surface area contributed by atoms with Crippen molar-refractivity contribution in [2.45, 2.75) is 92.6 Å². The molecule has 3 aromatic heterocycles. The van der Waals surface area contributed by atoms with Gasteiger partial charge in [0.25, 0.3) is 0 Å². The highest BCUT2D eigenvalue weighted by atomic mass is 16.2. The van der Waals surface area contributed by atoms with Crippen LogP contribution in [0.15, 0.2) is 55.4 Å². The Bertz CT molecular complexity index is 1390. The number of fused-ring (bicyclic) bond motifs is 6. The largest absolute Gasteiger partial charge is 0.334 e. The van der Waals surface area contributed by atoms with Crippen LogP contribution in [0.2, 0.25) is 0 Å². The minimum Gasteiger partial charge on any atom is -0.334 e. The lowest BCUT2D eigenvalue weighted by Gasteiger charge is -2.27. The van der Waals surface area contributed by atoms with Gasteiger partial charge in [0.2, 0.25) is 17.7 Å². The summed E-state index contributed by atoms with van der Waals surface area (Å²) in [7, 11) is 0. The van der Waals surface area contributed by atoms with Crippen LogP contribution >= 0.6 is 0 Å². The molecular formula is C33H42N6O3. The van der Waals surface area contributed by atoms with Crippen LogP contribution in [0.25, 0.3) is 0 Å². The van der Waals surface area contributed by atoms with E-state index in [9.17, 15) is 14.4 Å². The first-order chi connectivity index (χ1) is 20.2. The molecule has 4 heterocycles. The van der Waals surface area contributed by atoms with Crippen molar-refractivity contribution < 1.29 is 14.4 Å². The molecule has 42 heavy (non-hydrogen) atoms. The number of hydrogen-bond acceptors (Lipinski definition) is 6. The highest BCUT2D eigenvalue weighted by Gasteiger charge is 2.20. The number of carbonyl (C=O) groups is 3. The number of aromatic nitrogens is 3. The van der Waals surface area contributed by atoms with Gasteiger partial charge in [-0.3, -0.25) is 29.3 Å². The molecule has 0 N–H and O–H groups in total. The second-order valence-corrected chi connectivity index (χ2v) is 11.6. The van der Waals surface area contributed by atoms with Gasteiger partial charge in [0.05, 0.1) is 0 Å². The van der Waals surface area contributed by atoms with Crippen LogP contribution in [-0.4, -0.2) is 47.4 Å². The van der Waals surface area contributed by atoms with Crippen molar-refractivity contribution >= 4 is 17.7 Å². The van der Waals surface area contributed by atoms with E-state index in [1.165, 1.54) is 0 Å². The van der Waals surface area contributed by atoms with Crippen molar-refractivity contribution in [3.63, 3.8) is 0 Å². The fraction of sp³-hybridized carbons (Fsp3) is 0.455. The molecule has 4 rings (SSSR count). The molecule has 0 unspecified atom stereocenters. The van der Waals surface area contributed by atoms with E-state index in [0.29, 0.717) is 58.5 Å².